The van der Waals surface area contributed by atoms with Gasteiger partial charge in [0.05, 0.1) is 12.5 Å². The van der Waals surface area contributed by atoms with Crippen LogP contribution >= 0.6 is 0 Å². The highest BCUT2D eigenvalue weighted by atomic mass is 16.4. The monoisotopic (exact) mass is 733 g/mol. The molecule has 15 nitrogen and oxygen atoms in total. The zero-order valence-corrected chi connectivity index (χ0v) is 30.5. The Hall–Kier alpha value is -5.60. The van der Waals surface area contributed by atoms with Gasteiger partial charge in [-0.15, -0.1) is 0 Å². The fourth-order valence-electron chi connectivity index (χ4n) is 6.90. The molecule has 0 fully saturated rings. The van der Waals surface area contributed by atoms with Crippen molar-refractivity contribution in [1.82, 2.24) is 20.9 Å². The molecule has 2 aliphatic heterocycles. The van der Waals surface area contributed by atoms with Crippen molar-refractivity contribution in [2.45, 2.75) is 103 Å². The van der Waals surface area contributed by atoms with Crippen LogP contribution in [0.25, 0.3) is 0 Å². The van der Waals surface area contributed by atoms with Gasteiger partial charge in [-0.05, 0) is 54.4 Å². The van der Waals surface area contributed by atoms with E-state index in [1.54, 1.807) is 57.2 Å². The van der Waals surface area contributed by atoms with Crippen LogP contribution in [0.5, 0.6) is 0 Å². The van der Waals surface area contributed by atoms with E-state index in [2.05, 4.69) is 16.0 Å². The lowest BCUT2D eigenvalue weighted by Gasteiger charge is -2.41. The number of aliphatic carboxylic acids is 2. The molecular weight excluding hydrogens is 686 g/mol. The summed E-state index contributed by atoms with van der Waals surface area (Å²) >= 11 is 0. The number of carbonyl (C=O) groups excluding carboxylic acids is 6. The van der Waals surface area contributed by atoms with E-state index in [0.717, 1.165) is 16.7 Å². The van der Waals surface area contributed by atoms with Crippen LogP contribution in [0.1, 0.15) is 81.7 Å². The molecule has 0 radical (unpaired) electrons. The second-order valence-electron chi connectivity index (χ2n) is 14.6. The third-order valence-corrected chi connectivity index (χ3v) is 9.48. The number of aldehydes is 1. The standard InChI is InChI=1S/C38H47N5O10/c1-21-13-14-26-23(17-21)15-16-42(32(26)36(52)39-25(20-44)19-31(48)49)37(53)33(38(3,4)5)41-34(50)27(10-8-12-30(46)47)40-35(51)29-18-24-9-6-7-11-28(24)43(29)22(2)45/h6-7,9,11,13-14,17,20,25,27,29,32-33H,8,10,12,15-16,18-19H2,1-5H3,(H,39,52)(H,40,51)(H,41,50)(H,46,47)(H,48,49)/t25-,27-,29-,32?,33+/m0/s1. The summed E-state index contributed by atoms with van der Waals surface area (Å²) in [5.41, 5.74) is 2.59. The Morgan fingerprint density at radius 2 is 1.62 bits per heavy atom. The van der Waals surface area contributed by atoms with Crippen molar-refractivity contribution in [3.8, 4) is 0 Å². The highest BCUT2D eigenvalue weighted by Gasteiger charge is 2.44. The van der Waals surface area contributed by atoms with E-state index in [0.29, 0.717) is 24.0 Å². The predicted molar refractivity (Wildman–Crippen MR) is 191 cm³/mol. The van der Waals surface area contributed by atoms with Crippen molar-refractivity contribution in [3.05, 3.63) is 64.7 Å². The Morgan fingerprint density at radius 1 is 0.925 bits per heavy atom. The molecule has 53 heavy (non-hydrogen) atoms. The second kappa shape index (κ2) is 16.8. The Morgan fingerprint density at radius 3 is 2.25 bits per heavy atom. The number of hydrogen-bond donors (Lipinski definition) is 5. The van der Waals surface area contributed by atoms with Gasteiger partial charge in [0.1, 0.15) is 30.5 Å². The lowest BCUT2D eigenvalue weighted by molar-refractivity contribution is -0.147. The topological polar surface area (TPSA) is 220 Å². The second-order valence-corrected chi connectivity index (χ2v) is 14.6. The van der Waals surface area contributed by atoms with Gasteiger partial charge in [-0.2, -0.15) is 0 Å². The number of hydrogen-bond acceptors (Lipinski definition) is 8. The summed E-state index contributed by atoms with van der Waals surface area (Å²) in [6, 6.07) is 6.27. The minimum atomic E-state index is -1.35. The molecule has 5 amide bonds. The SMILES string of the molecule is CC(=O)N1c2ccccc2C[C@H]1C(=O)N[C@@H](CCCC(=O)O)C(=O)N[C@H](C(=O)N1CCc2cc(C)ccc2C1C(=O)N[C@H](C=O)CC(=O)O)C(C)(C)C. The van der Waals surface area contributed by atoms with Crippen LogP contribution in [0.15, 0.2) is 42.5 Å². The first-order chi connectivity index (χ1) is 24.9. The minimum Gasteiger partial charge on any atom is -0.481 e. The Kier molecular flexibility index (Phi) is 12.8. The van der Waals surface area contributed by atoms with Gasteiger partial charge in [0.15, 0.2) is 0 Å². The number of carboxylic acids is 2. The summed E-state index contributed by atoms with van der Waals surface area (Å²) in [6.45, 7) is 8.39. The number of benzene rings is 2. The van der Waals surface area contributed by atoms with Crippen LogP contribution in [0.4, 0.5) is 5.69 Å². The average Bonchev–Trinajstić information content (AvgIpc) is 3.48. The van der Waals surface area contributed by atoms with Crippen LogP contribution in [-0.4, -0.2) is 93.6 Å². The molecule has 2 aromatic carbocycles. The number of nitrogens with zero attached hydrogens (tertiary/aromatic N) is 2. The van der Waals surface area contributed by atoms with Crippen LogP contribution in [0.3, 0.4) is 0 Å². The molecule has 2 aromatic rings. The highest BCUT2D eigenvalue weighted by Crippen LogP contribution is 2.34. The molecule has 0 aromatic heterocycles. The van der Waals surface area contributed by atoms with Gasteiger partial charge >= 0.3 is 11.9 Å². The maximum atomic E-state index is 14.6. The molecule has 4 rings (SSSR count). The summed E-state index contributed by atoms with van der Waals surface area (Å²) in [4.78, 5) is 106. The maximum Gasteiger partial charge on any atom is 0.305 e. The van der Waals surface area contributed by atoms with Gasteiger partial charge in [0.2, 0.25) is 29.5 Å². The fraction of sp³-hybridized carbons (Fsp3) is 0.474. The summed E-state index contributed by atoms with van der Waals surface area (Å²) < 4.78 is 0. The van der Waals surface area contributed by atoms with E-state index in [1.165, 1.54) is 16.7 Å². The van der Waals surface area contributed by atoms with Gasteiger partial charge in [-0.3, -0.25) is 38.5 Å². The number of nitrogens with one attached hydrogen (secondary N) is 3. The highest BCUT2D eigenvalue weighted by molar-refractivity contribution is 6.03. The number of carboxylic acid groups (broad SMARTS) is 2. The van der Waals surface area contributed by atoms with Crippen molar-refractivity contribution < 1.29 is 48.6 Å². The van der Waals surface area contributed by atoms with E-state index in [4.69, 9.17) is 0 Å². The van der Waals surface area contributed by atoms with E-state index >= 15 is 0 Å². The lowest BCUT2D eigenvalue weighted by atomic mass is 9.83. The third-order valence-electron chi connectivity index (χ3n) is 9.48. The Balaban J connectivity index is 1.63. The molecule has 5 N–H and O–H groups in total. The molecule has 284 valence electrons. The first-order valence-electron chi connectivity index (χ1n) is 17.5. The number of anilines is 1. The molecule has 0 saturated heterocycles. The first kappa shape index (κ1) is 40.2. The zero-order chi connectivity index (χ0) is 39.2. The molecule has 0 aliphatic carbocycles. The van der Waals surface area contributed by atoms with Crippen LogP contribution in [0, 0.1) is 12.3 Å². The molecule has 15 heteroatoms. The van der Waals surface area contributed by atoms with E-state index in [9.17, 15) is 48.6 Å². The predicted octanol–water partition coefficient (Wildman–Crippen LogP) is 1.83. The van der Waals surface area contributed by atoms with E-state index < -0.39 is 77.6 Å². The lowest BCUT2D eigenvalue weighted by Crippen LogP contribution is -2.61. The van der Waals surface area contributed by atoms with Crippen molar-refractivity contribution in [2.24, 2.45) is 5.41 Å². The van der Waals surface area contributed by atoms with Crippen LogP contribution < -0.4 is 20.9 Å². The van der Waals surface area contributed by atoms with Crippen molar-refractivity contribution in [3.63, 3.8) is 0 Å². The average molecular weight is 734 g/mol. The number of carbonyl (C=O) groups is 8. The number of fused-ring (bicyclic) bond motifs is 2. The third kappa shape index (κ3) is 9.64. The van der Waals surface area contributed by atoms with Crippen LogP contribution in [-0.2, 0) is 51.2 Å². The fourth-order valence-corrected chi connectivity index (χ4v) is 6.90. The summed E-state index contributed by atoms with van der Waals surface area (Å²) in [7, 11) is 0. The molecule has 0 spiro atoms. The quantitative estimate of drug-likeness (QED) is 0.177. The Bertz CT molecular complexity index is 1790. The van der Waals surface area contributed by atoms with Gasteiger partial charge in [0, 0.05) is 32.0 Å². The van der Waals surface area contributed by atoms with E-state index in [1.807, 2.05) is 13.0 Å². The first-order valence-corrected chi connectivity index (χ1v) is 17.5. The largest absolute Gasteiger partial charge is 0.481 e. The van der Waals surface area contributed by atoms with Crippen molar-refractivity contribution in [2.75, 3.05) is 11.4 Å². The number of para-hydroxylation sites is 1. The number of aryl methyl sites for hydroxylation is 1. The molecule has 5 atom stereocenters. The smallest absolute Gasteiger partial charge is 0.305 e. The maximum absolute atomic E-state index is 14.6. The Labute approximate surface area is 307 Å². The zero-order valence-electron chi connectivity index (χ0n) is 30.5. The molecule has 0 saturated carbocycles. The molecule has 1 unspecified atom stereocenters. The molecule has 2 heterocycles. The van der Waals surface area contributed by atoms with E-state index in [-0.39, 0.29) is 38.1 Å². The van der Waals surface area contributed by atoms with Gasteiger partial charge < -0.3 is 35.9 Å². The van der Waals surface area contributed by atoms with Gasteiger partial charge in [-0.1, -0.05) is 62.7 Å². The van der Waals surface area contributed by atoms with Crippen LogP contribution in [0.2, 0.25) is 0 Å². The normalized spacial score (nSPS) is 18.1. The molecular formula is C38H47N5O10. The number of amides is 5. The molecule has 2 aliphatic rings. The minimum absolute atomic E-state index is 0.0158. The summed E-state index contributed by atoms with van der Waals surface area (Å²) in [6.07, 6.45) is -0.145. The van der Waals surface area contributed by atoms with Crippen molar-refractivity contribution in [1.29, 1.82) is 0 Å². The van der Waals surface area contributed by atoms with Crippen molar-refractivity contribution >= 4 is 53.4 Å². The molecule has 0 bridgehead atoms. The van der Waals surface area contributed by atoms with Gasteiger partial charge in [-0.25, -0.2) is 0 Å². The van der Waals surface area contributed by atoms with Gasteiger partial charge in [0.25, 0.3) is 0 Å². The number of rotatable bonds is 14. The summed E-state index contributed by atoms with van der Waals surface area (Å²) in [5.74, 6) is -5.58. The summed E-state index contributed by atoms with van der Waals surface area (Å²) in [5, 5.41) is 26.5.